The monoisotopic (exact) mass is 257 g/mol. The number of methoxy groups -OCH3 is 1. The molecular formula is C15H31NO2. The number of nitrogens with one attached hydrogen (secondary N) is 1. The van der Waals surface area contributed by atoms with Crippen LogP contribution in [0.1, 0.15) is 47.0 Å². The highest BCUT2D eigenvalue weighted by atomic mass is 16.5. The minimum atomic E-state index is 0.150. The van der Waals surface area contributed by atoms with Crippen molar-refractivity contribution in [1.29, 1.82) is 0 Å². The summed E-state index contributed by atoms with van der Waals surface area (Å²) in [6.45, 7) is 11.8. The third kappa shape index (κ3) is 4.52. The Morgan fingerprint density at radius 3 is 2.56 bits per heavy atom. The molecule has 0 aromatic rings. The Morgan fingerprint density at radius 2 is 2.11 bits per heavy atom. The Kier molecular flexibility index (Phi) is 6.61. The number of ether oxygens (including phenoxy) is 2. The average molecular weight is 257 g/mol. The van der Waals surface area contributed by atoms with E-state index in [0.29, 0.717) is 12.0 Å². The molecule has 0 amide bonds. The molecule has 0 aromatic heterocycles. The third-order valence-electron chi connectivity index (χ3n) is 3.77. The lowest BCUT2D eigenvalue weighted by molar-refractivity contribution is -0.0526. The van der Waals surface area contributed by atoms with E-state index >= 15 is 0 Å². The predicted octanol–water partition coefficient (Wildman–Crippen LogP) is 2.84. The summed E-state index contributed by atoms with van der Waals surface area (Å²) in [5.74, 6) is 0.578. The zero-order chi connectivity index (χ0) is 13.6. The molecule has 0 aliphatic carbocycles. The SMILES string of the molecule is CCCNC(C1CCCOC1)C(OC)C(C)(C)C. The largest absolute Gasteiger partial charge is 0.381 e. The molecule has 1 rings (SSSR count). The maximum Gasteiger partial charge on any atom is 0.0775 e. The van der Waals surface area contributed by atoms with Crippen LogP contribution in [0.2, 0.25) is 0 Å². The second kappa shape index (κ2) is 7.46. The van der Waals surface area contributed by atoms with E-state index in [4.69, 9.17) is 9.47 Å². The first-order chi connectivity index (χ1) is 8.50. The fourth-order valence-corrected chi connectivity index (χ4v) is 2.92. The molecule has 0 radical (unpaired) electrons. The molecular weight excluding hydrogens is 226 g/mol. The van der Waals surface area contributed by atoms with Crippen LogP contribution in [0, 0.1) is 11.3 Å². The van der Waals surface area contributed by atoms with Crippen molar-refractivity contribution in [3.63, 3.8) is 0 Å². The van der Waals surface area contributed by atoms with Gasteiger partial charge in [0.05, 0.1) is 12.7 Å². The van der Waals surface area contributed by atoms with E-state index in [1.54, 1.807) is 0 Å². The second-order valence-electron chi connectivity index (χ2n) is 6.48. The van der Waals surface area contributed by atoms with Crippen LogP contribution in [0.3, 0.4) is 0 Å². The van der Waals surface area contributed by atoms with Crippen molar-refractivity contribution in [2.45, 2.75) is 59.1 Å². The van der Waals surface area contributed by atoms with Crippen LogP contribution in [-0.2, 0) is 9.47 Å². The summed E-state index contributed by atoms with van der Waals surface area (Å²) in [5, 5.41) is 3.69. The topological polar surface area (TPSA) is 30.5 Å². The molecule has 108 valence electrons. The molecule has 0 bridgehead atoms. The molecule has 3 unspecified atom stereocenters. The van der Waals surface area contributed by atoms with E-state index in [0.717, 1.165) is 26.2 Å². The first-order valence-electron chi connectivity index (χ1n) is 7.34. The molecule has 3 nitrogen and oxygen atoms in total. The van der Waals surface area contributed by atoms with Crippen LogP contribution in [-0.4, -0.2) is 39.0 Å². The first-order valence-corrected chi connectivity index (χ1v) is 7.34. The summed E-state index contributed by atoms with van der Waals surface area (Å²) >= 11 is 0. The summed E-state index contributed by atoms with van der Waals surface area (Å²) in [4.78, 5) is 0. The minimum absolute atomic E-state index is 0.150. The molecule has 1 fully saturated rings. The highest BCUT2D eigenvalue weighted by molar-refractivity contribution is 4.91. The summed E-state index contributed by atoms with van der Waals surface area (Å²) in [7, 11) is 1.83. The molecule has 18 heavy (non-hydrogen) atoms. The fourth-order valence-electron chi connectivity index (χ4n) is 2.92. The van der Waals surface area contributed by atoms with Crippen molar-refractivity contribution in [2.75, 3.05) is 26.9 Å². The maximum absolute atomic E-state index is 5.81. The average Bonchev–Trinajstić information content (AvgIpc) is 2.34. The van der Waals surface area contributed by atoms with Gasteiger partial charge in [-0.05, 0) is 31.2 Å². The van der Waals surface area contributed by atoms with Crippen LogP contribution in [0.4, 0.5) is 0 Å². The molecule has 3 heteroatoms. The molecule has 0 saturated carbocycles. The van der Waals surface area contributed by atoms with Crippen molar-refractivity contribution < 1.29 is 9.47 Å². The highest BCUT2D eigenvalue weighted by Crippen LogP contribution is 2.30. The zero-order valence-electron chi connectivity index (χ0n) is 12.8. The van der Waals surface area contributed by atoms with Gasteiger partial charge in [-0.1, -0.05) is 27.7 Å². The normalized spacial score (nSPS) is 24.8. The van der Waals surface area contributed by atoms with E-state index in [1.807, 2.05) is 7.11 Å². The molecule has 1 N–H and O–H groups in total. The van der Waals surface area contributed by atoms with Crippen molar-refractivity contribution in [1.82, 2.24) is 5.32 Å². The Labute approximate surface area is 113 Å². The minimum Gasteiger partial charge on any atom is -0.381 e. The van der Waals surface area contributed by atoms with Crippen LogP contribution in [0.25, 0.3) is 0 Å². The standard InChI is InChI=1S/C15H31NO2/c1-6-9-16-13(12-8-7-10-18-11-12)14(17-5)15(2,3)4/h12-14,16H,6-11H2,1-5H3. The number of hydrogen-bond donors (Lipinski definition) is 1. The van der Waals surface area contributed by atoms with E-state index < -0.39 is 0 Å². The highest BCUT2D eigenvalue weighted by Gasteiger charge is 2.37. The Morgan fingerprint density at radius 1 is 1.39 bits per heavy atom. The zero-order valence-corrected chi connectivity index (χ0v) is 12.8. The lowest BCUT2D eigenvalue weighted by Crippen LogP contribution is -2.53. The Hall–Kier alpha value is -0.120. The van der Waals surface area contributed by atoms with Gasteiger partial charge in [-0.2, -0.15) is 0 Å². The quantitative estimate of drug-likeness (QED) is 0.793. The van der Waals surface area contributed by atoms with E-state index in [2.05, 4.69) is 33.0 Å². The molecule has 0 spiro atoms. The van der Waals surface area contributed by atoms with Gasteiger partial charge in [-0.3, -0.25) is 0 Å². The van der Waals surface area contributed by atoms with Crippen molar-refractivity contribution in [2.24, 2.45) is 11.3 Å². The van der Waals surface area contributed by atoms with Crippen LogP contribution in [0.5, 0.6) is 0 Å². The molecule has 1 aliphatic rings. The van der Waals surface area contributed by atoms with Gasteiger partial charge in [0.1, 0.15) is 0 Å². The van der Waals surface area contributed by atoms with Gasteiger partial charge in [0.15, 0.2) is 0 Å². The van der Waals surface area contributed by atoms with Crippen LogP contribution < -0.4 is 5.32 Å². The molecule has 1 aliphatic heterocycles. The van der Waals surface area contributed by atoms with Gasteiger partial charge in [-0.25, -0.2) is 0 Å². The lowest BCUT2D eigenvalue weighted by atomic mass is 9.78. The van der Waals surface area contributed by atoms with Gasteiger partial charge in [-0.15, -0.1) is 0 Å². The van der Waals surface area contributed by atoms with Gasteiger partial charge in [0, 0.05) is 25.7 Å². The number of rotatable bonds is 6. The number of hydrogen-bond acceptors (Lipinski definition) is 3. The van der Waals surface area contributed by atoms with Crippen molar-refractivity contribution in [3.05, 3.63) is 0 Å². The summed E-state index contributed by atoms with van der Waals surface area (Å²) < 4.78 is 11.5. The molecule has 1 saturated heterocycles. The lowest BCUT2D eigenvalue weighted by Gasteiger charge is -2.41. The smallest absolute Gasteiger partial charge is 0.0775 e. The molecule has 0 aromatic carbocycles. The predicted molar refractivity (Wildman–Crippen MR) is 75.9 cm³/mol. The Bertz CT molecular complexity index is 219. The molecule has 3 atom stereocenters. The van der Waals surface area contributed by atoms with Crippen molar-refractivity contribution in [3.8, 4) is 0 Å². The van der Waals surface area contributed by atoms with Gasteiger partial charge in [0.25, 0.3) is 0 Å². The fraction of sp³-hybridized carbons (Fsp3) is 1.00. The summed E-state index contributed by atoms with van der Waals surface area (Å²) in [5.41, 5.74) is 0.150. The molecule has 1 heterocycles. The summed E-state index contributed by atoms with van der Waals surface area (Å²) in [6, 6.07) is 0.398. The van der Waals surface area contributed by atoms with Gasteiger partial charge >= 0.3 is 0 Å². The van der Waals surface area contributed by atoms with Crippen LogP contribution in [0.15, 0.2) is 0 Å². The van der Waals surface area contributed by atoms with E-state index in [9.17, 15) is 0 Å². The van der Waals surface area contributed by atoms with Crippen molar-refractivity contribution >= 4 is 0 Å². The Balaban J connectivity index is 2.73. The van der Waals surface area contributed by atoms with Gasteiger partial charge in [0.2, 0.25) is 0 Å². The van der Waals surface area contributed by atoms with Gasteiger partial charge < -0.3 is 14.8 Å². The maximum atomic E-state index is 5.81. The van der Waals surface area contributed by atoms with E-state index in [1.165, 1.54) is 12.8 Å². The summed E-state index contributed by atoms with van der Waals surface area (Å²) in [6.07, 6.45) is 3.81. The second-order valence-corrected chi connectivity index (χ2v) is 6.48. The van der Waals surface area contributed by atoms with Crippen LogP contribution >= 0.6 is 0 Å². The third-order valence-corrected chi connectivity index (χ3v) is 3.77. The van der Waals surface area contributed by atoms with E-state index in [-0.39, 0.29) is 11.5 Å². The first kappa shape index (κ1) is 15.9.